The van der Waals surface area contributed by atoms with E-state index in [4.69, 9.17) is 18.0 Å². The fourth-order valence-corrected chi connectivity index (χ4v) is 3.72. The second-order valence-corrected chi connectivity index (χ2v) is 6.35. The normalized spacial score (nSPS) is 19.5. The second kappa shape index (κ2) is 5.52. The number of nitrogen functional groups attached to an aromatic ring is 1. The topological polar surface area (TPSA) is 83.8 Å². The molecule has 1 unspecified atom stereocenters. The molecule has 2 heterocycles. The van der Waals surface area contributed by atoms with Crippen LogP contribution in [0.15, 0.2) is 35.5 Å². The number of nitrogens with one attached hydrogen (secondary N) is 2. The van der Waals surface area contributed by atoms with Crippen molar-refractivity contribution < 1.29 is 9.18 Å². The number of aromatic amines is 1. The Kier molecular flexibility index (Phi) is 3.45. The van der Waals surface area contributed by atoms with Gasteiger partial charge in [-0.15, -0.1) is 0 Å². The van der Waals surface area contributed by atoms with Crippen LogP contribution >= 0.6 is 12.2 Å². The van der Waals surface area contributed by atoms with Crippen molar-refractivity contribution in [2.24, 2.45) is 0 Å². The van der Waals surface area contributed by atoms with E-state index in [0.717, 1.165) is 18.5 Å². The quantitative estimate of drug-likeness (QED) is 0.692. The van der Waals surface area contributed by atoms with Crippen molar-refractivity contribution in [2.75, 3.05) is 11.1 Å². The zero-order valence-corrected chi connectivity index (χ0v) is 13.5. The van der Waals surface area contributed by atoms with Crippen LogP contribution in [0.25, 0.3) is 0 Å². The van der Waals surface area contributed by atoms with E-state index in [1.165, 1.54) is 6.07 Å². The van der Waals surface area contributed by atoms with Crippen molar-refractivity contribution in [1.29, 1.82) is 0 Å². The van der Waals surface area contributed by atoms with E-state index in [-0.39, 0.29) is 16.4 Å². The van der Waals surface area contributed by atoms with E-state index in [2.05, 4.69) is 15.3 Å². The third-order valence-electron chi connectivity index (χ3n) is 4.52. The Morgan fingerprint density at radius 3 is 2.88 bits per heavy atom. The first kappa shape index (κ1) is 15.0. The molecule has 2 aliphatic rings. The number of nitrogens with zero attached hydrogens (tertiary/aromatic N) is 1. The molecule has 0 saturated heterocycles. The molecule has 0 amide bonds. The van der Waals surface area contributed by atoms with Gasteiger partial charge in [0.25, 0.3) is 0 Å². The van der Waals surface area contributed by atoms with Gasteiger partial charge in [0.05, 0.1) is 0 Å². The van der Waals surface area contributed by atoms with Gasteiger partial charge in [-0.2, -0.15) is 0 Å². The minimum atomic E-state index is -0.579. The van der Waals surface area contributed by atoms with Gasteiger partial charge in [0.15, 0.2) is 10.6 Å². The Morgan fingerprint density at radius 2 is 2.08 bits per heavy atom. The Hall–Kier alpha value is -2.54. The number of H-pyrrole nitrogens is 1. The van der Waals surface area contributed by atoms with Gasteiger partial charge < -0.3 is 16.0 Å². The molecule has 1 atom stereocenters. The molecule has 4 N–H and O–H groups in total. The number of ketones is 1. The molecule has 0 radical (unpaired) electrons. The van der Waals surface area contributed by atoms with E-state index in [1.54, 1.807) is 18.2 Å². The summed E-state index contributed by atoms with van der Waals surface area (Å²) in [6, 6.07) is 6.45. The first-order valence-corrected chi connectivity index (χ1v) is 8.14. The smallest absolute Gasteiger partial charge is 0.200 e. The number of carbonyl (C=O) groups is 1. The van der Waals surface area contributed by atoms with Crippen LogP contribution in [0.1, 0.15) is 36.3 Å². The largest absolute Gasteiger partial charge is 0.385 e. The van der Waals surface area contributed by atoms with Gasteiger partial charge in [0.2, 0.25) is 0 Å². The number of carbonyl (C=O) groups excluding carboxylic acids is 1. The van der Waals surface area contributed by atoms with Gasteiger partial charge in [0.1, 0.15) is 17.5 Å². The maximum absolute atomic E-state index is 14.5. The molecular weight excluding hydrogens is 327 g/mol. The Morgan fingerprint density at radius 1 is 1.29 bits per heavy atom. The van der Waals surface area contributed by atoms with Crippen LogP contribution in [0, 0.1) is 10.6 Å². The minimum Gasteiger partial charge on any atom is -0.385 e. The summed E-state index contributed by atoms with van der Waals surface area (Å²) in [5.41, 5.74) is 8.49. The maximum atomic E-state index is 14.5. The number of nitrogens with two attached hydrogens (primary N) is 1. The molecule has 1 aliphatic carbocycles. The highest BCUT2D eigenvalue weighted by Crippen LogP contribution is 2.46. The van der Waals surface area contributed by atoms with Gasteiger partial charge in [-0.05, 0) is 31.1 Å². The average molecular weight is 342 g/mol. The highest BCUT2D eigenvalue weighted by molar-refractivity contribution is 7.71. The summed E-state index contributed by atoms with van der Waals surface area (Å²) in [4.78, 5) is 19.7. The number of aromatic nitrogens is 2. The molecular formula is C17H15FN4OS. The number of benzene rings is 1. The molecule has 0 bridgehead atoms. The van der Waals surface area contributed by atoms with Crippen LogP contribution in [0.2, 0.25) is 0 Å². The van der Waals surface area contributed by atoms with Crippen LogP contribution in [0.4, 0.5) is 16.0 Å². The highest BCUT2D eigenvalue weighted by Gasteiger charge is 2.38. The van der Waals surface area contributed by atoms with Crippen molar-refractivity contribution in [3.05, 3.63) is 57.3 Å². The number of halogens is 1. The number of anilines is 2. The van der Waals surface area contributed by atoms with Crippen molar-refractivity contribution in [3.63, 3.8) is 0 Å². The number of fused-ring (bicyclic) bond motifs is 1. The summed E-state index contributed by atoms with van der Waals surface area (Å²) in [6.07, 6.45) is 1.94. The molecule has 0 fully saturated rings. The van der Waals surface area contributed by atoms with Gasteiger partial charge in [-0.25, -0.2) is 9.37 Å². The fourth-order valence-electron chi connectivity index (χ4n) is 3.52. The number of hydrogen-bond donors (Lipinski definition) is 3. The summed E-state index contributed by atoms with van der Waals surface area (Å²) < 4.78 is 14.8. The summed E-state index contributed by atoms with van der Waals surface area (Å²) in [6.45, 7) is 0. The second-order valence-electron chi connectivity index (χ2n) is 5.97. The highest BCUT2D eigenvalue weighted by atomic mass is 32.1. The summed E-state index contributed by atoms with van der Waals surface area (Å²) in [7, 11) is 0. The predicted molar refractivity (Wildman–Crippen MR) is 91.6 cm³/mol. The Bertz CT molecular complexity index is 950. The zero-order valence-electron chi connectivity index (χ0n) is 12.7. The van der Waals surface area contributed by atoms with E-state index in [1.807, 2.05) is 0 Å². The average Bonchev–Trinajstić information content (AvgIpc) is 2.53. The Labute approximate surface area is 142 Å². The first-order valence-electron chi connectivity index (χ1n) is 7.73. The van der Waals surface area contributed by atoms with E-state index < -0.39 is 5.92 Å². The van der Waals surface area contributed by atoms with E-state index in [0.29, 0.717) is 34.8 Å². The molecule has 4 rings (SSSR count). The van der Waals surface area contributed by atoms with Crippen LogP contribution in [0.3, 0.4) is 0 Å². The van der Waals surface area contributed by atoms with Crippen LogP contribution in [-0.2, 0) is 4.79 Å². The lowest BCUT2D eigenvalue weighted by atomic mass is 9.76. The minimum absolute atomic E-state index is 0.0181. The number of allylic oxidation sites excluding steroid dienone is 2. The van der Waals surface area contributed by atoms with Crippen LogP contribution < -0.4 is 11.1 Å². The van der Waals surface area contributed by atoms with Crippen molar-refractivity contribution in [1.82, 2.24) is 9.97 Å². The lowest BCUT2D eigenvalue weighted by Crippen LogP contribution is -2.29. The van der Waals surface area contributed by atoms with Crippen molar-refractivity contribution >= 4 is 29.6 Å². The van der Waals surface area contributed by atoms with Crippen LogP contribution in [-0.4, -0.2) is 15.8 Å². The number of hydrogen-bond acceptors (Lipinski definition) is 5. The van der Waals surface area contributed by atoms with Gasteiger partial charge in [-0.3, -0.25) is 4.79 Å². The first-order chi connectivity index (χ1) is 11.6. The van der Waals surface area contributed by atoms with Crippen LogP contribution in [0.5, 0.6) is 0 Å². The van der Waals surface area contributed by atoms with Gasteiger partial charge in [0, 0.05) is 34.7 Å². The standard InChI is InChI=1S/C17H15FN4OS/c18-9-5-2-1-4-8(9)12-13-10(6-3-7-11(13)23)20-16-14(12)15(19)21-17(24)22-16/h1-2,4-5,12H,3,6-7H2,(H4,19,20,21,22,24). The third-order valence-corrected chi connectivity index (χ3v) is 4.71. The third kappa shape index (κ3) is 2.24. The molecule has 122 valence electrons. The van der Waals surface area contributed by atoms with E-state index in [9.17, 15) is 9.18 Å². The van der Waals surface area contributed by atoms with Gasteiger partial charge >= 0.3 is 0 Å². The molecule has 1 aromatic carbocycles. The van der Waals surface area contributed by atoms with Crippen molar-refractivity contribution in [3.8, 4) is 0 Å². The number of Topliss-reactive ketones (excluding diaryl/α,β-unsaturated/α-hetero) is 1. The maximum Gasteiger partial charge on any atom is 0.200 e. The summed E-state index contributed by atoms with van der Waals surface area (Å²) >= 11 is 5.09. The van der Waals surface area contributed by atoms with Crippen molar-refractivity contribution in [2.45, 2.75) is 25.2 Å². The van der Waals surface area contributed by atoms with E-state index >= 15 is 0 Å². The monoisotopic (exact) mass is 342 g/mol. The molecule has 5 nitrogen and oxygen atoms in total. The predicted octanol–water partition coefficient (Wildman–Crippen LogP) is 3.42. The molecule has 2 aromatic rings. The molecule has 0 spiro atoms. The molecule has 7 heteroatoms. The molecule has 1 aromatic heterocycles. The zero-order chi connectivity index (χ0) is 16.8. The summed E-state index contributed by atoms with van der Waals surface area (Å²) in [5, 5.41) is 3.19. The lowest BCUT2D eigenvalue weighted by Gasteiger charge is -2.33. The summed E-state index contributed by atoms with van der Waals surface area (Å²) in [5.74, 6) is -0.134. The fraction of sp³-hybridized carbons (Fsp3) is 0.235. The lowest BCUT2D eigenvalue weighted by molar-refractivity contribution is -0.116. The SMILES string of the molecule is Nc1[nH]c(=S)nc2c1C(c1ccccc1F)C1=C(CCCC1=O)N2. The molecule has 24 heavy (non-hydrogen) atoms. The van der Waals surface area contributed by atoms with Gasteiger partial charge in [-0.1, -0.05) is 18.2 Å². The Balaban J connectivity index is 2.04. The molecule has 1 aliphatic heterocycles. The molecule has 0 saturated carbocycles. The number of rotatable bonds is 1.